The Morgan fingerprint density at radius 3 is 2.74 bits per heavy atom. The third kappa shape index (κ3) is 5.36. The molecule has 0 bridgehead atoms. The lowest BCUT2D eigenvalue weighted by Gasteiger charge is -2.33. The lowest BCUT2D eigenvalue weighted by atomic mass is 10.0. The molecular formula is C25H28F2N4O3. The lowest BCUT2D eigenvalue weighted by Crippen LogP contribution is -2.39. The zero-order valence-corrected chi connectivity index (χ0v) is 19.0. The second-order valence-electron chi connectivity index (χ2n) is 8.36. The van der Waals surface area contributed by atoms with Gasteiger partial charge in [-0.3, -0.25) is 4.79 Å². The van der Waals surface area contributed by atoms with Crippen molar-refractivity contribution in [2.45, 2.75) is 32.2 Å². The zero-order chi connectivity index (χ0) is 24.1. The minimum absolute atomic E-state index is 0.0820. The highest BCUT2D eigenvalue weighted by Gasteiger charge is 2.25. The Morgan fingerprint density at radius 2 is 2.06 bits per heavy atom. The number of carbonyl (C=O) groups is 1. The summed E-state index contributed by atoms with van der Waals surface area (Å²) in [6, 6.07) is 5.96. The van der Waals surface area contributed by atoms with E-state index >= 15 is 0 Å². The van der Waals surface area contributed by atoms with Crippen molar-refractivity contribution in [2.24, 2.45) is 0 Å². The van der Waals surface area contributed by atoms with Gasteiger partial charge in [0.05, 0.1) is 35.8 Å². The molecular weight excluding hydrogens is 442 g/mol. The lowest BCUT2D eigenvalue weighted by molar-refractivity contribution is 0.0916. The fourth-order valence-corrected chi connectivity index (χ4v) is 4.18. The van der Waals surface area contributed by atoms with E-state index in [4.69, 9.17) is 4.42 Å². The van der Waals surface area contributed by atoms with Crippen LogP contribution in [0.25, 0.3) is 11.5 Å². The molecule has 7 nitrogen and oxygen atoms in total. The van der Waals surface area contributed by atoms with Gasteiger partial charge >= 0.3 is 0 Å². The summed E-state index contributed by atoms with van der Waals surface area (Å²) in [5.74, 6) is -1.43. The van der Waals surface area contributed by atoms with Gasteiger partial charge < -0.3 is 25.1 Å². The number of nitrogens with zero attached hydrogens (tertiary/aromatic N) is 2. The van der Waals surface area contributed by atoms with E-state index in [1.165, 1.54) is 18.4 Å². The van der Waals surface area contributed by atoms with Gasteiger partial charge in [0.1, 0.15) is 17.9 Å². The molecule has 0 saturated heterocycles. The van der Waals surface area contributed by atoms with Crippen molar-refractivity contribution >= 4 is 17.3 Å². The van der Waals surface area contributed by atoms with Crippen molar-refractivity contribution in [3.8, 4) is 11.5 Å². The molecule has 0 radical (unpaired) electrons. The Kier molecular flexibility index (Phi) is 7.42. The summed E-state index contributed by atoms with van der Waals surface area (Å²) in [6.07, 6.45) is 5.17. The molecule has 3 aromatic rings. The van der Waals surface area contributed by atoms with Crippen LogP contribution in [-0.4, -0.2) is 48.3 Å². The van der Waals surface area contributed by atoms with Gasteiger partial charge in [0.2, 0.25) is 5.89 Å². The summed E-state index contributed by atoms with van der Waals surface area (Å²) in [6.45, 7) is 4.15. The number of aliphatic hydroxyl groups excluding tert-OH is 1. The molecule has 1 amide bonds. The van der Waals surface area contributed by atoms with E-state index in [0.29, 0.717) is 22.6 Å². The number of hydrogen-bond donors (Lipinski definition) is 3. The van der Waals surface area contributed by atoms with Gasteiger partial charge in [0, 0.05) is 31.3 Å². The molecule has 0 spiro atoms. The topological polar surface area (TPSA) is 90.6 Å². The number of aliphatic hydroxyl groups is 1. The average Bonchev–Trinajstić information content (AvgIpc) is 3.35. The predicted octanol–water partition coefficient (Wildman–Crippen LogP) is 3.99. The first-order chi connectivity index (χ1) is 16.5. The van der Waals surface area contributed by atoms with E-state index in [-0.39, 0.29) is 13.0 Å². The largest absolute Gasteiger partial charge is 0.444 e. The third-order valence-corrected chi connectivity index (χ3v) is 5.81. The number of halogens is 2. The molecule has 1 aliphatic rings. The van der Waals surface area contributed by atoms with Crippen LogP contribution in [0.5, 0.6) is 0 Å². The third-order valence-electron chi connectivity index (χ3n) is 5.81. The van der Waals surface area contributed by atoms with Gasteiger partial charge in [-0.1, -0.05) is 13.3 Å². The fourth-order valence-electron chi connectivity index (χ4n) is 4.18. The van der Waals surface area contributed by atoms with Gasteiger partial charge in [-0.05, 0) is 42.7 Å². The number of oxazole rings is 1. The molecule has 0 saturated carbocycles. The average molecular weight is 471 g/mol. The van der Waals surface area contributed by atoms with Crippen molar-refractivity contribution in [2.75, 3.05) is 36.5 Å². The Labute approximate surface area is 196 Å². The van der Waals surface area contributed by atoms with Gasteiger partial charge in [0.25, 0.3) is 5.91 Å². The number of aromatic nitrogens is 1. The molecule has 1 aromatic heterocycles. The number of benzene rings is 2. The number of amides is 1. The highest BCUT2D eigenvalue weighted by atomic mass is 19.1. The molecule has 2 heterocycles. The molecule has 4 rings (SSSR count). The van der Waals surface area contributed by atoms with E-state index in [0.717, 1.165) is 49.9 Å². The Hall–Kier alpha value is -3.46. The maximum atomic E-state index is 13.6. The molecule has 180 valence electrons. The number of hydrogen-bond acceptors (Lipinski definition) is 6. The smallest absolute Gasteiger partial charge is 0.251 e. The molecule has 34 heavy (non-hydrogen) atoms. The van der Waals surface area contributed by atoms with Gasteiger partial charge in [-0.2, -0.15) is 0 Å². The molecule has 0 fully saturated rings. The number of nitrogens with one attached hydrogen (secondary N) is 2. The molecule has 1 aliphatic heterocycles. The van der Waals surface area contributed by atoms with Crippen LogP contribution in [0.2, 0.25) is 0 Å². The van der Waals surface area contributed by atoms with E-state index in [1.54, 1.807) is 12.3 Å². The number of fused-ring (bicyclic) bond motifs is 1. The van der Waals surface area contributed by atoms with Crippen LogP contribution in [-0.2, 0) is 6.42 Å². The Morgan fingerprint density at radius 1 is 1.26 bits per heavy atom. The summed E-state index contributed by atoms with van der Waals surface area (Å²) in [5, 5.41) is 16.0. The standard InChI is InChI=1S/C25H28F2N4O3/c1-2-3-6-31-7-4-28-23-21(25-29-5-8-34-25)12-17(13-22(23)31)24(33)30-20(15-32)11-16-9-18(26)14-19(27)10-16/h5,8-10,12-14,20,28,32H,2-4,6-7,11,15H2,1H3,(H,30,33). The number of unbranched alkanes of at least 4 members (excludes halogenated alkanes) is 1. The van der Waals surface area contributed by atoms with Crippen LogP contribution in [0.1, 0.15) is 35.7 Å². The molecule has 9 heteroatoms. The van der Waals surface area contributed by atoms with Crippen molar-refractivity contribution in [3.63, 3.8) is 0 Å². The van der Waals surface area contributed by atoms with Gasteiger partial charge in [-0.25, -0.2) is 13.8 Å². The first-order valence-corrected chi connectivity index (χ1v) is 11.4. The van der Waals surface area contributed by atoms with E-state index in [9.17, 15) is 18.7 Å². The first-order valence-electron chi connectivity index (χ1n) is 11.4. The minimum Gasteiger partial charge on any atom is -0.444 e. The Bertz CT molecular complexity index is 1120. The molecule has 2 aromatic carbocycles. The monoisotopic (exact) mass is 470 g/mol. The van der Waals surface area contributed by atoms with Gasteiger partial charge in [-0.15, -0.1) is 0 Å². The van der Waals surface area contributed by atoms with Crippen LogP contribution < -0.4 is 15.5 Å². The summed E-state index contributed by atoms with van der Waals surface area (Å²) >= 11 is 0. The predicted molar refractivity (Wildman–Crippen MR) is 126 cm³/mol. The van der Waals surface area contributed by atoms with Crippen molar-refractivity contribution in [3.05, 3.63) is 65.6 Å². The van der Waals surface area contributed by atoms with Crippen molar-refractivity contribution in [1.29, 1.82) is 0 Å². The SMILES string of the molecule is CCCCN1CCNc2c(-c3ncco3)cc(C(=O)NC(CO)Cc3cc(F)cc(F)c3)cc21. The molecule has 0 aliphatic carbocycles. The highest BCUT2D eigenvalue weighted by Crippen LogP contribution is 2.39. The Balaban J connectivity index is 1.63. The van der Waals surface area contributed by atoms with Crippen LogP contribution in [0.15, 0.2) is 47.2 Å². The summed E-state index contributed by atoms with van der Waals surface area (Å²) in [7, 11) is 0. The molecule has 1 atom stereocenters. The molecule has 3 N–H and O–H groups in total. The van der Waals surface area contributed by atoms with E-state index in [2.05, 4.69) is 27.4 Å². The zero-order valence-electron chi connectivity index (χ0n) is 19.0. The fraction of sp³-hybridized carbons (Fsp3) is 0.360. The first kappa shape index (κ1) is 23.7. The number of rotatable bonds is 9. The second-order valence-corrected chi connectivity index (χ2v) is 8.36. The van der Waals surface area contributed by atoms with Crippen molar-refractivity contribution < 1.29 is 23.1 Å². The van der Waals surface area contributed by atoms with Crippen LogP contribution in [0.4, 0.5) is 20.2 Å². The van der Waals surface area contributed by atoms with Crippen LogP contribution >= 0.6 is 0 Å². The van der Waals surface area contributed by atoms with Crippen LogP contribution in [0, 0.1) is 11.6 Å². The summed E-state index contributed by atoms with van der Waals surface area (Å²) in [4.78, 5) is 19.7. The summed E-state index contributed by atoms with van der Waals surface area (Å²) < 4.78 is 32.6. The number of anilines is 2. The minimum atomic E-state index is -0.718. The summed E-state index contributed by atoms with van der Waals surface area (Å²) in [5.41, 5.74) is 3.13. The van der Waals surface area contributed by atoms with E-state index < -0.39 is 23.6 Å². The van der Waals surface area contributed by atoms with Crippen molar-refractivity contribution in [1.82, 2.24) is 10.3 Å². The normalized spacial score (nSPS) is 13.8. The molecule has 1 unspecified atom stereocenters. The second kappa shape index (κ2) is 10.6. The number of carbonyl (C=O) groups excluding carboxylic acids is 1. The van der Waals surface area contributed by atoms with Crippen LogP contribution in [0.3, 0.4) is 0 Å². The maximum Gasteiger partial charge on any atom is 0.251 e. The quantitative estimate of drug-likeness (QED) is 0.438. The maximum absolute atomic E-state index is 13.6. The van der Waals surface area contributed by atoms with Gasteiger partial charge in [0.15, 0.2) is 0 Å². The highest BCUT2D eigenvalue weighted by molar-refractivity contribution is 6.00. The van der Waals surface area contributed by atoms with E-state index in [1.807, 2.05) is 6.07 Å².